The summed E-state index contributed by atoms with van der Waals surface area (Å²) in [5.41, 5.74) is 2.57. The molecule has 0 aromatic heterocycles. The first-order chi connectivity index (χ1) is 10.8. The third-order valence-electron chi connectivity index (χ3n) is 3.57. The summed E-state index contributed by atoms with van der Waals surface area (Å²) in [7, 11) is 0. The normalized spacial score (nSPS) is 14.2. The molecule has 0 aliphatic carbocycles. The summed E-state index contributed by atoms with van der Waals surface area (Å²) in [6.07, 6.45) is 0.580. The van der Waals surface area contributed by atoms with Gasteiger partial charge in [0.15, 0.2) is 6.07 Å². The standard InChI is InChI=1S/C17H22ClNO4/c1-17(2,3)23-16(21)19-8-7-14-12(9-15(20)22-11-18)5-4-6-13(14)10-19/h4-6H,7-11H2,1-3H3. The molecule has 1 aromatic rings. The maximum atomic E-state index is 12.2. The minimum atomic E-state index is -0.509. The van der Waals surface area contributed by atoms with E-state index in [-0.39, 0.29) is 24.5 Å². The second-order valence-electron chi connectivity index (χ2n) is 6.51. The second-order valence-corrected chi connectivity index (χ2v) is 6.73. The van der Waals surface area contributed by atoms with Crippen molar-refractivity contribution < 1.29 is 19.1 Å². The van der Waals surface area contributed by atoms with Crippen LogP contribution in [0.15, 0.2) is 18.2 Å². The molecule has 1 aliphatic rings. The molecule has 1 heterocycles. The molecule has 1 aromatic carbocycles. The molecule has 126 valence electrons. The molecule has 1 amide bonds. The topological polar surface area (TPSA) is 55.8 Å². The van der Waals surface area contributed by atoms with Crippen LogP contribution in [0.5, 0.6) is 0 Å². The third-order valence-corrected chi connectivity index (χ3v) is 3.67. The van der Waals surface area contributed by atoms with Crippen molar-refractivity contribution in [3.05, 3.63) is 34.9 Å². The summed E-state index contributed by atoms with van der Waals surface area (Å²) in [5.74, 6) is -0.344. The van der Waals surface area contributed by atoms with E-state index in [2.05, 4.69) is 0 Å². The Balaban J connectivity index is 2.10. The maximum absolute atomic E-state index is 12.2. The molecule has 5 nitrogen and oxygen atoms in total. The van der Waals surface area contributed by atoms with Crippen molar-refractivity contribution in [1.82, 2.24) is 4.90 Å². The van der Waals surface area contributed by atoms with Crippen LogP contribution < -0.4 is 0 Å². The zero-order valence-electron chi connectivity index (χ0n) is 13.7. The van der Waals surface area contributed by atoms with Gasteiger partial charge in [0.1, 0.15) is 5.60 Å². The van der Waals surface area contributed by atoms with E-state index in [1.165, 1.54) is 0 Å². The van der Waals surface area contributed by atoms with Gasteiger partial charge in [-0.25, -0.2) is 4.79 Å². The fraction of sp³-hybridized carbons (Fsp3) is 0.529. The predicted octanol–water partition coefficient (Wildman–Crippen LogP) is 3.26. The summed E-state index contributed by atoms with van der Waals surface area (Å²) in [4.78, 5) is 25.5. The molecule has 0 atom stereocenters. The largest absolute Gasteiger partial charge is 0.449 e. The minimum absolute atomic E-state index is 0.139. The van der Waals surface area contributed by atoms with Crippen molar-refractivity contribution in [2.24, 2.45) is 0 Å². The fourth-order valence-electron chi connectivity index (χ4n) is 2.60. The van der Waals surface area contributed by atoms with E-state index in [9.17, 15) is 9.59 Å². The molecule has 0 radical (unpaired) electrons. The Morgan fingerprint density at radius 1 is 1.30 bits per heavy atom. The third kappa shape index (κ3) is 4.86. The number of alkyl halides is 1. The number of rotatable bonds is 3. The van der Waals surface area contributed by atoms with Gasteiger partial charge in [-0.2, -0.15) is 0 Å². The van der Waals surface area contributed by atoms with Gasteiger partial charge < -0.3 is 14.4 Å². The summed E-state index contributed by atoms with van der Waals surface area (Å²) < 4.78 is 10.2. The second kappa shape index (κ2) is 7.21. The average Bonchev–Trinajstić information content (AvgIpc) is 2.45. The van der Waals surface area contributed by atoms with E-state index in [0.717, 1.165) is 16.7 Å². The molecule has 0 saturated heterocycles. The smallest absolute Gasteiger partial charge is 0.410 e. The summed E-state index contributed by atoms with van der Waals surface area (Å²) in [5, 5.41) is 0. The Kier molecular flexibility index (Phi) is 5.52. The fourth-order valence-corrected chi connectivity index (χ4v) is 2.73. The molecule has 0 spiro atoms. The lowest BCUT2D eigenvalue weighted by molar-refractivity contribution is -0.140. The lowest BCUT2D eigenvalue weighted by atomic mass is 9.93. The van der Waals surface area contributed by atoms with Gasteiger partial charge in [0.25, 0.3) is 0 Å². The van der Waals surface area contributed by atoms with Crippen LogP contribution in [0.3, 0.4) is 0 Å². The number of esters is 1. The number of hydrogen-bond acceptors (Lipinski definition) is 4. The number of amides is 1. The Bertz CT molecular complexity index is 595. The molecule has 0 saturated carbocycles. The van der Waals surface area contributed by atoms with E-state index in [4.69, 9.17) is 21.1 Å². The number of benzene rings is 1. The molecule has 1 aliphatic heterocycles. The lowest BCUT2D eigenvalue weighted by Gasteiger charge is -2.32. The highest BCUT2D eigenvalue weighted by atomic mass is 35.5. The van der Waals surface area contributed by atoms with Gasteiger partial charge in [0.05, 0.1) is 6.42 Å². The molecular weight excluding hydrogens is 318 g/mol. The van der Waals surface area contributed by atoms with Crippen molar-refractivity contribution >= 4 is 23.7 Å². The highest BCUT2D eigenvalue weighted by Gasteiger charge is 2.26. The predicted molar refractivity (Wildman–Crippen MR) is 87.3 cm³/mol. The monoisotopic (exact) mass is 339 g/mol. The van der Waals surface area contributed by atoms with Crippen LogP contribution in [-0.4, -0.2) is 35.2 Å². The van der Waals surface area contributed by atoms with Gasteiger partial charge in [0, 0.05) is 13.1 Å². The van der Waals surface area contributed by atoms with Gasteiger partial charge in [-0.05, 0) is 43.9 Å². The Morgan fingerprint density at radius 3 is 2.70 bits per heavy atom. The summed E-state index contributed by atoms with van der Waals surface area (Å²) in [6, 6.07) is 5.64. The molecule has 0 bridgehead atoms. The lowest BCUT2D eigenvalue weighted by Crippen LogP contribution is -2.40. The first-order valence-corrected chi connectivity index (χ1v) is 8.13. The van der Waals surface area contributed by atoms with E-state index in [1.54, 1.807) is 4.90 Å². The zero-order valence-corrected chi connectivity index (χ0v) is 14.5. The number of fused-ring (bicyclic) bond motifs is 1. The molecule has 6 heteroatoms. The number of hydrogen-bond donors (Lipinski definition) is 0. The van der Waals surface area contributed by atoms with Crippen LogP contribution in [0.25, 0.3) is 0 Å². The van der Waals surface area contributed by atoms with E-state index in [0.29, 0.717) is 19.5 Å². The van der Waals surface area contributed by atoms with Crippen LogP contribution in [0.4, 0.5) is 4.79 Å². The van der Waals surface area contributed by atoms with Crippen molar-refractivity contribution in [3.63, 3.8) is 0 Å². The SMILES string of the molecule is CC(C)(C)OC(=O)N1CCc2c(CC(=O)OCCl)cccc2C1. The molecule has 0 unspecified atom stereocenters. The van der Waals surface area contributed by atoms with E-state index >= 15 is 0 Å². The van der Waals surface area contributed by atoms with Crippen molar-refractivity contribution in [2.45, 2.75) is 45.8 Å². The van der Waals surface area contributed by atoms with Crippen LogP contribution in [0.2, 0.25) is 0 Å². The minimum Gasteiger partial charge on any atom is -0.449 e. The summed E-state index contributed by atoms with van der Waals surface area (Å²) in [6.45, 7) is 6.61. The zero-order chi connectivity index (χ0) is 17.0. The Labute approximate surface area is 141 Å². The molecule has 23 heavy (non-hydrogen) atoms. The quantitative estimate of drug-likeness (QED) is 0.626. The highest BCUT2D eigenvalue weighted by Crippen LogP contribution is 2.24. The number of ether oxygens (including phenoxy) is 2. The number of carbonyl (C=O) groups is 2. The van der Waals surface area contributed by atoms with Crippen molar-refractivity contribution in [2.75, 3.05) is 12.6 Å². The first-order valence-electron chi connectivity index (χ1n) is 7.59. The molecule has 0 fully saturated rings. The summed E-state index contributed by atoms with van der Waals surface area (Å²) >= 11 is 5.41. The van der Waals surface area contributed by atoms with Crippen LogP contribution in [0, 0.1) is 0 Å². The van der Waals surface area contributed by atoms with Gasteiger partial charge in [-0.3, -0.25) is 4.79 Å². The Morgan fingerprint density at radius 2 is 2.04 bits per heavy atom. The van der Waals surface area contributed by atoms with Gasteiger partial charge in [-0.15, -0.1) is 0 Å². The molecule has 2 rings (SSSR count). The van der Waals surface area contributed by atoms with E-state index < -0.39 is 5.60 Å². The van der Waals surface area contributed by atoms with E-state index in [1.807, 2.05) is 39.0 Å². The van der Waals surface area contributed by atoms with Crippen molar-refractivity contribution in [1.29, 1.82) is 0 Å². The number of halogens is 1. The van der Waals surface area contributed by atoms with Crippen LogP contribution in [0.1, 0.15) is 37.5 Å². The van der Waals surface area contributed by atoms with Crippen LogP contribution in [-0.2, 0) is 33.7 Å². The van der Waals surface area contributed by atoms with Crippen LogP contribution >= 0.6 is 11.6 Å². The van der Waals surface area contributed by atoms with Gasteiger partial charge in [-0.1, -0.05) is 29.8 Å². The Hall–Kier alpha value is -1.75. The highest BCUT2D eigenvalue weighted by molar-refractivity contribution is 6.17. The molecule has 0 N–H and O–H groups in total. The molecular formula is C17H22ClNO4. The first kappa shape index (κ1) is 17.6. The number of nitrogens with zero attached hydrogens (tertiary/aromatic N) is 1. The average molecular weight is 340 g/mol. The van der Waals surface area contributed by atoms with Gasteiger partial charge in [0.2, 0.25) is 0 Å². The van der Waals surface area contributed by atoms with Gasteiger partial charge >= 0.3 is 12.1 Å². The maximum Gasteiger partial charge on any atom is 0.410 e. The van der Waals surface area contributed by atoms with Crippen molar-refractivity contribution in [3.8, 4) is 0 Å². The number of carbonyl (C=O) groups excluding carboxylic acids is 2.